The molecule has 1 aromatic heterocycles. The highest BCUT2D eigenvalue weighted by Gasteiger charge is 2.29. The Morgan fingerprint density at radius 3 is 2.52 bits per heavy atom. The topological polar surface area (TPSA) is 101 Å². The second-order valence-corrected chi connectivity index (χ2v) is 12.0. The molecule has 1 N–H and O–H groups in total. The van der Waals surface area contributed by atoms with Gasteiger partial charge >= 0.3 is 0 Å². The summed E-state index contributed by atoms with van der Waals surface area (Å²) in [5, 5.41) is 11.3. The molecule has 3 aromatic rings. The van der Waals surface area contributed by atoms with Gasteiger partial charge < -0.3 is 4.74 Å². The molecule has 3 rings (SSSR count). The Labute approximate surface area is 202 Å². The molecule has 0 aliphatic heterocycles. The van der Waals surface area contributed by atoms with E-state index in [-0.39, 0.29) is 10.6 Å². The highest BCUT2D eigenvalue weighted by Crippen LogP contribution is 2.33. The van der Waals surface area contributed by atoms with E-state index in [2.05, 4.69) is 15.5 Å². The van der Waals surface area contributed by atoms with Crippen molar-refractivity contribution in [1.82, 2.24) is 10.2 Å². The monoisotopic (exact) mass is 506 g/mol. The fourth-order valence-electron chi connectivity index (χ4n) is 2.88. The van der Waals surface area contributed by atoms with Gasteiger partial charge in [0.25, 0.3) is 10.0 Å². The number of nitrogens with zero attached hydrogens (tertiary/aromatic N) is 3. The van der Waals surface area contributed by atoms with Crippen molar-refractivity contribution in [3.8, 4) is 5.75 Å². The van der Waals surface area contributed by atoms with Crippen molar-refractivity contribution in [2.24, 2.45) is 0 Å². The molecule has 8 nitrogen and oxygen atoms in total. The predicted molar refractivity (Wildman–Crippen MR) is 133 cm³/mol. The number of para-hydroxylation sites is 2. The highest BCUT2D eigenvalue weighted by molar-refractivity contribution is 8.01. The summed E-state index contributed by atoms with van der Waals surface area (Å²) in [6, 6.07) is 13.2. The fraction of sp³-hybridized carbons (Fsp3) is 0.318. The fourth-order valence-corrected chi connectivity index (χ4v) is 6.30. The van der Waals surface area contributed by atoms with Crippen LogP contribution in [0.2, 0.25) is 0 Å². The van der Waals surface area contributed by atoms with Crippen molar-refractivity contribution in [2.75, 3.05) is 22.8 Å². The maximum atomic E-state index is 13.6. The standard InChI is InChI=1S/C22H26N4O4S3/c1-5-30-19-9-7-6-8-18(19)26(33(28,29)17-12-10-16(4)11-13-17)14-20(27)23-21-24-25-22(32-21)31-15(2)3/h6-13,15H,5,14H2,1-4H3,(H,23,24,27). The summed E-state index contributed by atoms with van der Waals surface area (Å²) in [6.07, 6.45) is 0. The average molecular weight is 507 g/mol. The lowest BCUT2D eigenvalue weighted by molar-refractivity contribution is -0.114. The van der Waals surface area contributed by atoms with Crippen LogP contribution in [0, 0.1) is 6.92 Å². The van der Waals surface area contributed by atoms with Gasteiger partial charge in [-0.1, -0.05) is 66.8 Å². The van der Waals surface area contributed by atoms with E-state index in [1.165, 1.54) is 35.2 Å². The summed E-state index contributed by atoms with van der Waals surface area (Å²) in [6.45, 7) is 7.65. The van der Waals surface area contributed by atoms with Gasteiger partial charge in [-0.3, -0.25) is 14.4 Å². The molecule has 0 radical (unpaired) electrons. The first kappa shape index (κ1) is 25.0. The summed E-state index contributed by atoms with van der Waals surface area (Å²) in [5.41, 5.74) is 1.21. The maximum absolute atomic E-state index is 13.6. The van der Waals surface area contributed by atoms with Crippen LogP contribution in [-0.4, -0.2) is 42.9 Å². The van der Waals surface area contributed by atoms with Gasteiger partial charge in [-0.15, -0.1) is 10.2 Å². The van der Waals surface area contributed by atoms with Gasteiger partial charge in [-0.05, 0) is 38.1 Å². The van der Waals surface area contributed by atoms with Crippen molar-refractivity contribution in [2.45, 2.75) is 42.2 Å². The molecule has 1 heterocycles. The molecule has 33 heavy (non-hydrogen) atoms. The number of aryl methyl sites for hydroxylation is 1. The number of amides is 1. The number of hydrogen-bond donors (Lipinski definition) is 1. The van der Waals surface area contributed by atoms with Crippen LogP contribution in [0.1, 0.15) is 26.3 Å². The smallest absolute Gasteiger partial charge is 0.264 e. The Morgan fingerprint density at radius 1 is 1.15 bits per heavy atom. The number of aromatic nitrogens is 2. The zero-order valence-electron chi connectivity index (χ0n) is 18.8. The van der Waals surface area contributed by atoms with Gasteiger partial charge in [0.2, 0.25) is 11.0 Å². The number of rotatable bonds is 10. The van der Waals surface area contributed by atoms with E-state index in [0.29, 0.717) is 22.7 Å². The van der Waals surface area contributed by atoms with Crippen LogP contribution < -0.4 is 14.4 Å². The van der Waals surface area contributed by atoms with Gasteiger partial charge in [0, 0.05) is 5.25 Å². The van der Waals surface area contributed by atoms with Gasteiger partial charge in [-0.25, -0.2) is 8.42 Å². The molecule has 1 amide bonds. The van der Waals surface area contributed by atoms with Gasteiger partial charge in [-0.2, -0.15) is 0 Å². The molecular weight excluding hydrogens is 480 g/mol. The minimum atomic E-state index is -4.05. The maximum Gasteiger partial charge on any atom is 0.264 e. The molecule has 0 saturated heterocycles. The number of hydrogen-bond acceptors (Lipinski definition) is 8. The molecular formula is C22H26N4O4S3. The number of benzene rings is 2. The first-order chi connectivity index (χ1) is 15.7. The lowest BCUT2D eigenvalue weighted by Gasteiger charge is -2.25. The zero-order valence-corrected chi connectivity index (χ0v) is 21.3. The summed E-state index contributed by atoms with van der Waals surface area (Å²) in [7, 11) is -4.05. The molecule has 2 aromatic carbocycles. The van der Waals surface area contributed by atoms with E-state index in [4.69, 9.17) is 4.74 Å². The molecule has 0 atom stereocenters. The van der Waals surface area contributed by atoms with Gasteiger partial charge in [0.15, 0.2) is 4.34 Å². The van der Waals surface area contributed by atoms with Crippen LogP contribution in [0.25, 0.3) is 0 Å². The molecule has 0 bridgehead atoms. The van der Waals surface area contributed by atoms with E-state index in [0.717, 1.165) is 14.2 Å². The number of sulfonamides is 1. The predicted octanol–water partition coefficient (Wildman–Crippen LogP) is 4.58. The first-order valence-electron chi connectivity index (χ1n) is 10.3. The van der Waals surface area contributed by atoms with Crippen LogP contribution in [-0.2, 0) is 14.8 Å². The van der Waals surface area contributed by atoms with Crippen LogP contribution >= 0.6 is 23.1 Å². The summed E-state index contributed by atoms with van der Waals surface area (Å²) in [4.78, 5) is 13.0. The third kappa shape index (κ3) is 6.46. The molecule has 0 spiro atoms. The molecule has 0 aliphatic carbocycles. The van der Waals surface area contributed by atoms with Crippen LogP contribution in [0.3, 0.4) is 0 Å². The number of ether oxygens (including phenoxy) is 1. The Bertz CT molecular complexity index is 1190. The largest absolute Gasteiger partial charge is 0.492 e. The van der Waals surface area contributed by atoms with E-state index in [1.54, 1.807) is 36.4 Å². The van der Waals surface area contributed by atoms with Crippen LogP contribution in [0.5, 0.6) is 5.75 Å². The van der Waals surface area contributed by atoms with E-state index in [9.17, 15) is 13.2 Å². The minimum Gasteiger partial charge on any atom is -0.492 e. The molecule has 11 heteroatoms. The Morgan fingerprint density at radius 2 is 1.85 bits per heavy atom. The van der Waals surface area contributed by atoms with Gasteiger partial charge in [0.1, 0.15) is 12.3 Å². The highest BCUT2D eigenvalue weighted by atomic mass is 32.2. The van der Waals surface area contributed by atoms with E-state index in [1.807, 2.05) is 27.7 Å². The molecule has 0 saturated carbocycles. The molecule has 0 unspecified atom stereocenters. The number of nitrogens with one attached hydrogen (secondary N) is 1. The number of carbonyl (C=O) groups excluding carboxylic acids is 1. The Balaban J connectivity index is 1.93. The summed E-state index contributed by atoms with van der Waals surface area (Å²) in [5.74, 6) is -0.163. The zero-order chi connectivity index (χ0) is 24.0. The second-order valence-electron chi connectivity index (χ2n) is 7.31. The van der Waals surface area contributed by atoms with E-state index >= 15 is 0 Å². The number of anilines is 2. The van der Waals surface area contributed by atoms with Crippen molar-refractivity contribution in [3.63, 3.8) is 0 Å². The van der Waals surface area contributed by atoms with Crippen molar-refractivity contribution in [1.29, 1.82) is 0 Å². The normalized spacial score (nSPS) is 11.4. The minimum absolute atomic E-state index is 0.0822. The SMILES string of the molecule is CCOc1ccccc1N(CC(=O)Nc1nnc(SC(C)C)s1)S(=O)(=O)c1ccc(C)cc1. The van der Waals surface area contributed by atoms with Crippen LogP contribution in [0.4, 0.5) is 10.8 Å². The Kier molecular flexibility index (Phi) is 8.33. The van der Waals surface area contributed by atoms with Crippen molar-refractivity contribution in [3.05, 3.63) is 54.1 Å². The van der Waals surface area contributed by atoms with Crippen molar-refractivity contribution >= 4 is 49.8 Å². The number of thioether (sulfide) groups is 1. The average Bonchev–Trinajstić information content (AvgIpc) is 3.19. The Hall–Kier alpha value is -2.63. The lowest BCUT2D eigenvalue weighted by Crippen LogP contribution is -2.38. The second kappa shape index (κ2) is 11.0. The third-order valence-corrected chi connectivity index (χ3v) is 8.02. The molecule has 0 fully saturated rings. The summed E-state index contributed by atoms with van der Waals surface area (Å²) >= 11 is 2.78. The van der Waals surface area contributed by atoms with Gasteiger partial charge in [0.05, 0.1) is 17.2 Å². The van der Waals surface area contributed by atoms with Crippen LogP contribution in [0.15, 0.2) is 57.8 Å². The summed E-state index contributed by atoms with van der Waals surface area (Å²) < 4.78 is 34.6. The molecule has 176 valence electrons. The molecule has 0 aliphatic rings. The number of carbonyl (C=O) groups is 1. The lowest BCUT2D eigenvalue weighted by atomic mass is 10.2. The quantitative estimate of drug-likeness (QED) is 0.317. The first-order valence-corrected chi connectivity index (χ1v) is 13.5. The van der Waals surface area contributed by atoms with Crippen molar-refractivity contribution < 1.29 is 17.9 Å². The third-order valence-electron chi connectivity index (χ3n) is 4.32. The van der Waals surface area contributed by atoms with E-state index < -0.39 is 22.5 Å².